The summed E-state index contributed by atoms with van der Waals surface area (Å²) in [4.78, 5) is 22.6. The molecule has 0 aliphatic rings. The van der Waals surface area contributed by atoms with Gasteiger partial charge in [0.25, 0.3) is 5.91 Å². The van der Waals surface area contributed by atoms with Gasteiger partial charge < -0.3 is 10.1 Å². The highest BCUT2D eigenvalue weighted by Crippen LogP contribution is 2.06. The Labute approximate surface area is 124 Å². The fraction of sp³-hybridized carbons (Fsp3) is 0.333. The van der Waals surface area contributed by atoms with Crippen molar-refractivity contribution in [3.8, 4) is 11.8 Å². The van der Waals surface area contributed by atoms with E-state index in [0.717, 1.165) is 5.56 Å². The molecule has 2 amide bonds. The molecule has 0 aliphatic heterocycles. The van der Waals surface area contributed by atoms with Crippen molar-refractivity contribution in [2.24, 2.45) is 5.84 Å². The lowest BCUT2D eigenvalue weighted by molar-refractivity contribution is 0.0535. The minimum absolute atomic E-state index is 0.181. The van der Waals surface area contributed by atoms with Crippen molar-refractivity contribution < 1.29 is 14.3 Å². The molecular formula is C15H19N3O3. The summed E-state index contributed by atoms with van der Waals surface area (Å²) in [6, 6.07) is 6.64. The first kappa shape index (κ1) is 16.5. The zero-order valence-corrected chi connectivity index (χ0v) is 12.3. The highest BCUT2D eigenvalue weighted by atomic mass is 16.6. The predicted octanol–water partition coefficient (Wildman–Crippen LogP) is 1.17. The fourth-order valence-corrected chi connectivity index (χ4v) is 1.37. The van der Waals surface area contributed by atoms with Gasteiger partial charge in [-0.2, -0.15) is 0 Å². The number of hydrazine groups is 1. The van der Waals surface area contributed by atoms with Crippen LogP contribution in [0.1, 0.15) is 36.7 Å². The van der Waals surface area contributed by atoms with E-state index in [-0.39, 0.29) is 12.5 Å². The number of ether oxygens (including phenoxy) is 1. The van der Waals surface area contributed by atoms with Crippen LogP contribution in [-0.2, 0) is 4.74 Å². The van der Waals surface area contributed by atoms with E-state index in [1.807, 2.05) is 5.43 Å². The van der Waals surface area contributed by atoms with Gasteiger partial charge in [0.05, 0.1) is 6.54 Å². The van der Waals surface area contributed by atoms with E-state index >= 15 is 0 Å². The SMILES string of the molecule is CC(C)(C)OC(=O)NCC#Cc1ccc(C(=O)NN)cc1. The van der Waals surface area contributed by atoms with Gasteiger partial charge in [0.15, 0.2) is 0 Å². The number of amides is 2. The fourth-order valence-electron chi connectivity index (χ4n) is 1.37. The number of carbonyl (C=O) groups excluding carboxylic acids is 2. The average Bonchev–Trinajstić information content (AvgIpc) is 2.41. The van der Waals surface area contributed by atoms with E-state index in [1.54, 1.807) is 45.0 Å². The van der Waals surface area contributed by atoms with Crippen LogP contribution in [0.2, 0.25) is 0 Å². The van der Waals surface area contributed by atoms with E-state index < -0.39 is 11.7 Å². The van der Waals surface area contributed by atoms with E-state index in [9.17, 15) is 9.59 Å². The first-order valence-electron chi connectivity index (χ1n) is 6.38. The summed E-state index contributed by atoms with van der Waals surface area (Å²) in [5, 5.41) is 2.53. The molecule has 0 heterocycles. The van der Waals surface area contributed by atoms with Crippen LogP contribution in [0.5, 0.6) is 0 Å². The molecule has 0 saturated carbocycles. The molecule has 6 heteroatoms. The Morgan fingerprint density at radius 1 is 1.24 bits per heavy atom. The zero-order valence-electron chi connectivity index (χ0n) is 12.3. The lowest BCUT2D eigenvalue weighted by Crippen LogP contribution is -2.32. The molecule has 0 aromatic heterocycles. The molecule has 0 bridgehead atoms. The van der Waals surface area contributed by atoms with Crippen molar-refractivity contribution in [2.75, 3.05) is 6.54 Å². The Bertz CT molecular complexity index is 563. The summed E-state index contributed by atoms with van der Waals surface area (Å²) < 4.78 is 5.07. The van der Waals surface area contributed by atoms with E-state index in [4.69, 9.17) is 10.6 Å². The number of carbonyl (C=O) groups is 2. The van der Waals surface area contributed by atoms with Crippen molar-refractivity contribution in [3.63, 3.8) is 0 Å². The Morgan fingerprint density at radius 3 is 2.38 bits per heavy atom. The van der Waals surface area contributed by atoms with Gasteiger partial charge in [-0.1, -0.05) is 11.8 Å². The molecule has 1 aromatic rings. The maximum atomic E-state index is 11.4. The molecule has 1 aromatic carbocycles. The number of benzene rings is 1. The van der Waals surface area contributed by atoms with Gasteiger partial charge >= 0.3 is 6.09 Å². The highest BCUT2D eigenvalue weighted by Gasteiger charge is 2.14. The molecule has 21 heavy (non-hydrogen) atoms. The summed E-state index contributed by atoms with van der Waals surface area (Å²) in [5.74, 6) is 10.3. The third kappa shape index (κ3) is 6.45. The van der Waals surface area contributed by atoms with Crippen LogP contribution in [-0.4, -0.2) is 24.1 Å². The van der Waals surface area contributed by atoms with Crippen molar-refractivity contribution in [3.05, 3.63) is 35.4 Å². The summed E-state index contributed by atoms with van der Waals surface area (Å²) in [6.45, 7) is 5.55. The molecule has 0 spiro atoms. The molecule has 112 valence electrons. The van der Waals surface area contributed by atoms with Gasteiger partial charge in [-0.15, -0.1) is 0 Å². The van der Waals surface area contributed by atoms with Crippen molar-refractivity contribution in [1.29, 1.82) is 0 Å². The van der Waals surface area contributed by atoms with E-state index in [2.05, 4.69) is 17.2 Å². The molecule has 0 fully saturated rings. The molecule has 1 rings (SSSR count). The summed E-state index contributed by atoms with van der Waals surface area (Å²) in [6.07, 6.45) is -0.508. The van der Waals surface area contributed by atoms with Crippen LogP contribution in [0, 0.1) is 11.8 Å². The lowest BCUT2D eigenvalue weighted by Gasteiger charge is -2.18. The molecule has 4 N–H and O–H groups in total. The number of hydrogen-bond acceptors (Lipinski definition) is 4. The molecule has 0 saturated heterocycles. The first-order chi connectivity index (χ1) is 9.81. The predicted molar refractivity (Wildman–Crippen MR) is 79.2 cm³/mol. The van der Waals surface area contributed by atoms with Crippen LogP contribution in [0.25, 0.3) is 0 Å². The Balaban J connectivity index is 2.48. The number of nitrogen functional groups attached to an aromatic ring is 1. The van der Waals surface area contributed by atoms with Crippen LogP contribution in [0.3, 0.4) is 0 Å². The molecule has 0 atom stereocenters. The Hall–Kier alpha value is -2.52. The average molecular weight is 289 g/mol. The molecule has 0 aliphatic carbocycles. The first-order valence-corrected chi connectivity index (χ1v) is 6.38. The van der Waals surface area contributed by atoms with Gasteiger partial charge in [0.1, 0.15) is 5.60 Å². The topological polar surface area (TPSA) is 93.4 Å². The number of nitrogens with one attached hydrogen (secondary N) is 2. The van der Waals surface area contributed by atoms with Crippen LogP contribution < -0.4 is 16.6 Å². The summed E-state index contributed by atoms with van der Waals surface area (Å²) >= 11 is 0. The third-order valence-corrected chi connectivity index (χ3v) is 2.23. The monoisotopic (exact) mass is 289 g/mol. The van der Waals surface area contributed by atoms with Gasteiger partial charge in [-0.05, 0) is 45.0 Å². The van der Waals surface area contributed by atoms with Crippen LogP contribution in [0.15, 0.2) is 24.3 Å². The zero-order chi connectivity index (χ0) is 15.9. The smallest absolute Gasteiger partial charge is 0.408 e. The number of nitrogens with two attached hydrogens (primary N) is 1. The van der Waals surface area contributed by atoms with E-state index in [0.29, 0.717) is 5.56 Å². The molecular weight excluding hydrogens is 270 g/mol. The number of hydrogen-bond donors (Lipinski definition) is 3. The minimum Gasteiger partial charge on any atom is -0.444 e. The summed E-state index contributed by atoms with van der Waals surface area (Å²) in [5.41, 5.74) is 2.70. The van der Waals surface area contributed by atoms with Crippen LogP contribution in [0.4, 0.5) is 4.79 Å². The molecule has 0 unspecified atom stereocenters. The minimum atomic E-state index is -0.531. The highest BCUT2D eigenvalue weighted by molar-refractivity contribution is 5.93. The second-order valence-corrected chi connectivity index (χ2v) is 5.21. The summed E-state index contributed by atoms with van der Waals surface area (Å²) in [7, 11) is 0. The van der Waals surface area contributed by atoms with Crippen molar-refractivity contribution in [1.82, 2.24) is 10.7 Å². The van der Waals surface area contributed by atoms with Crippen molar-refractivity contribution >= 4 is 12.0 Å². The third-order valence-electron chi connectivity index (χ3n) is 2.23. The second-order valence-electron chi connectivity index (χ2n) is 5.21. The van der Waals surface area contributed by atoms with E-state index in [1.165, 1.54) is 0 Å². The second kappa shape index (κ2) is 7.31. The van der Waals surface area contributed by atoms with Crippen molar-refractivity contribution in [2.45, 2.75) is 26.4 Å². The van der Waals surface area contributed by atoms with Crippen LogP contribution >= 0.6 is 0 Å². The van der Waals surface area contributed by atoms with Gasteiger partial charge in [-0.25, -0.2) is 10.6 Å². The lowest BCUT2D eigenvalue weighted by atomic mass is 10.1. The normalized spacial score (nSPS) is 10.1. The molecule has 0 radical (unpaired) electrons. The van der Waals surface area contributed by atoms with Gasteiger partial charge in [0.2, 0.25) is 0 Å². The number of alkyl carbamates (subject to hydrolysis) is 1. The standard InChI is InChI=1S/C15H19N3O3/c1-15(2,3)21-14(20)17-10-4-5-11-6-8-12(9-7-11)13(19)18-16/h6-9H,10,16H2,1-3H3,(H,17,20)(H,18,19). The Kier molecular flexibility index (Phi) is 5.76. The maximum Gasteiger partial charge on any atom is 0.408 e. The van der Waals surface area contributed by atoms with Gasteiger partial charge in [0, 0.05) is 11.1 Å². The quantitative estimate of drug-likeness (QED) is 0.330. The maximum absolute atomic E-state index is 11.4. The molecule has 6 nitrogen and oxygen atoms in total. The largest absolute Gasteiger partial charge is 0.444 e. The Morgan fingerprint density at radius 2 is 1.86 bits per heavy atom. The van der Waals surface area contributed by atoms with Gasteiger partial charge in [-0.3, -0.25) is 10.2 Å². The number of rotatable bonds is 2.